The fraction of sp³-hybridized carbons (Fsp3) is 0.409. The zero-order valence-corrected chi connectivity index (χ0v) is 16.3. The van der Waals surface area contributed by atoms with Crippen molar-refractivity contribution >= 4 is 5.91 Å². The van der Waals surface area contributed by atoms with Gasteiger partial charge in [0.15, 0.2) is 6.29 Å². The van der Waals surface area contributed by atoms with E-state index >= 15 is 0 Å². The van der Waals surface area contributed by atoms with E-state index < -0.39 is 37.3 Å². The molecule has 0 saturated carbocycles. The van der Waals surface area contributed by atoms with Gasteiger partial charge in [-0.05, 0) is 11.1 Å². The highest BCUT2D eigenvalue weighted by molar-refractivity contribution is 5.73. The molecular weight excluding hydrogens is 374 g/mol. The summed E-state index contributed by atoms with van der Waals surface area (Å²) in [4.78, 5) is 11.8. The van der Waals surface area contributed by atoms with Crippen molar-refractivity contribution in [2.45, 2.75) is 50.8 Å². The van der Waals surface area contributed by atoms with Crippen LogP contribution in [0.2, 0.25) is 0 Å². The summed E-state index contributed by atoms with van der Waals surface area (Å²) in [6.07, 6.45) is -3.72. The van der Waals surface area contributed by atoms with Gasteiger partial charge in [0.2, 0.25) is 5.91 Å². The van der Waals surface area contributed by atoms with Gasteiger partial charge in [-0.3, -0.25) is 4.79 Å². The Balaban J connectivity index is 1.76. The van der Waals surface area contributed by atoms with E-state index in [1.807, 2.05) is 60.7 Å². The van der Waals surface area contributed by atoms with Gasteiger partial charge in [0.05, 0.1) is 19.8 Å². The summed E-state index contributed by atoms with van der Waals surface area (Å²) >= 11 is 0. The van der Waals surface area contributed by atoms with Crippen LogP contribution >= 0.6 is 0 Å². The Morgan fingerprint density at radius 3 is 2.07 bits per heavy atom. The minimum absolute atomic E-state index is 0.238. The van der Waals surface area contributed by atoms with Gasteiger partial charge in [0, 0.05) is 6.92 Å². The summed E-state index contributed by atoms with van der Waals surface area (Å²) in [6.45, 7) is 1.47. The topological polar surface area (TPSA) is 97.3 Å². The normalized spacial score (nSPS) is 26.8. The van der Waals surface area contributed by atoms with E-state index in [0.29, 0.717) is 0 Å². The van der Waals surface area contributed by atoms with Crippen LogP contribution in [0.5, 0.6) is 0 Å². The molecule has 0 radical (unpaired) electrons. The van der Waals surface area contributed by atoms with Gasteiger partial charge in [-0.25, -0.2) is 0 Å². The first kappa shape index (κ1) is 21.4. The maximum atomic E-state index is 11.8. The monoisotopic (exact) mass is 401 g/mol. The maximum Gasteiger partial charge on any atom is 0.217 e. The predicted molar refractivity (Wildman–Crippen MR) is 106 cm³/mol. The lowest BCUT2D eigenvalue weighted by Crippen LogP contribution is -2.65. The van der Waals surface area contributed by atoms with E-state index in [2.05, 4.69) is 5.32 Å². The Hall–Kier alpha value is -2.29. The molecule has 3 N–H and O–H groups in total. The van der Waals surface area contributed by atoms with E-state index in [1.54, 1.807) is 0 Å². The molecule has 1 heterocycles. The van der Waals surface area contributed by atoms with Crippen LogP contribution in [-0.2, 0) is 32.2 Å². The van der Waals surface area contributed by atoms with Gasteiger partial charge >= 0.3 is 0 Å². The van der Waals surface area contributed by atoms with Crippen molar-refractivity contribution in [1.29, 1.82) is 0 Å². The van der Waals surface area contributed by atoms with Crippen LogP contribution in [0.1, 0.15) is 18.1 Å². The Labute approximate surface area is 170 Å². The second-order valence-corrected chi connectivity index (χ2v) is 7.00. The van der Waals surface area contributed by atoms with Crippen molar-refractivity contribution in [1.82, 2.24) is 5.32 Å². The molecule has 0 aromatic heterocycles. The van der Waals surface area contributed by atoms with Crippen LogP contribution in [0.25, 0.3) is 0 Å². The van der Waals surface area contributed by atoms with E-state index in [9.17, 15) is 15.0 Å². The van der Waals surface area contributed by atoms with E-state index in [1.165, 1.54) is 6.92 Å². The van der Waals surface area contributed by atoms with Crippen molar-refractivity contribution in [2.24, 2.45) is 0 Å². The number of hydrogen-bond donors (Lipinski definition) is 3. The summed E-state index contributed by atoms with van der Waals surface area (Å²) in [6, 6.07) is 18.3. The first-order chi connectivity index (χ1) is 14.1. The lowest BCUT2D eigenvalue weighted by molar-refractivity contribution is -0.281. The molecule has 156 valence electrons. The Kier molecular flexibility index (Phi) is 7.74. The highest BCUT2D eigenvalue weighted by atomic mass is 16.7. The van der Waals surface area contributed by atoms with E-state index in [0.717, 1.165) is 11.1 Å². The number of carbonyl (C=O) groups excluding carboxylic acids is 1. The molecule has 2 aromatic rings. The number of nitrogens with one attached hydrogen (secondary N) is 1. The lowest BCUT2D eigenvalue weighted by atomic mass is 9.96. The molecule has 1 saturated heterocycles. The highest BCUT2D eigenvalue weighted by Crippen LogP contribution is 2.26. The molecule has 0 bridgehead atoms. The fourth-order valence-corrected chi connectivity index (χ4v) is 3.32. The molecule has 1 amide bonds. The van der Waals surface area contributed by atoms with Gasteiger partial charge in [-0.15, -0.1) is 0 Å². The molecule has 0 unspecified atom stereocenters. The van der Waals surface area contributed by atoms with Crippen LogP contribution in [0, 0.1) is 0 Å². The molecule has 5 atom stereocenters. The molecule has 1 aliphatic heterocycles. The minimum Gasteiger partial charge on any atom is -0.394 e. The second kappa shape index (κ2) is 10.5. The molecule has 3 rings (SSSR count). The SMILES string of the molecule is CC(=O)N[C@H]1[C@@H](OCc2ccccc2)O[C@@H](CO)[C@@H](O)[C@H]1OCc1ccccc1. The Morgan fingerprint density at radius 1 is 1.00 bits per heavy atom. The van der Waals surface area contributed by atoms with Crippen LogP contribution < -0.4 is 5.32 Å². The molecule has 7 heteroatoms. The number of aliphatic hydroxyl groups excluding tert-OH is 2. The number of carbonyl (C=O) groups is 1. The minimum atomic E-state index is -1.13. The van der Waals surface area contributed by atoms with Gasteiger partial charge in [0.1, 0.15) is 24.4 Å². The van der Waals surface area contributed by atoms with Crippen molar-refractivity contribution in [3.63, 3.8) is 0 Å². The average molecular weight is 401 g/mol. The third-order valence-corrected chi connectivity index (χ3v) is 4.77. The van der Waals surface area contributed by atoms with Crippen LogP contribution in [0.4, 0.5) is 0 Å². The molecule has 2 aromatic carbocycles. The van der Waals surface area contributed by atoms with Gasteiger partial charge in [-0.2, -0.15) is 0 Å². The van der Waals surface area contributed by atoms with Crippen molar-refractivity contribution in [3.8, 4) is 0 Å². The van der Waals surface area contributed by atoms with Gasteiger partial charge in [0.25, 0.3) is 0 Å². The van der Waals surface area contributed by atoms with Gasteiger partial charge in [-0.1, -0.05) is 60.7 Å². The second-order valence-electron chi connectivity index (χ2n) is 7.00. The number of aliphatic hydroxyl groups is 2. The summed E-state index contributed by atoms with van der Waals surface area (Å²) in [5.41, 5.74) is 1.86. The molecule has 0 aliphatic carbocycles. The first-order valence-electron chi connectivity index (χ1n) is 9.61. The van der Waals surface area contributed by atoms with Gasteiger partial charge < -0.3 is 29.7 Å². The largest absolute Gasteiger partial charge is 0.394 e. The smallest absolute Gasteiger partial charge is 0.217 e. The predicted octanol–water partition coefficient (Wildman–Crippen LogP) is 1.37. The Bertz CT molecular complexity index is 756. The van der Waals surface area contributed by atoms with Crippen LogP contribution in [0.3, 0.4) is 0 Å². The number of rotatable bonds is 8. The number of hydrogen-bond acceptors (Lipinski definition) is 6. The maximum absolute atomic E-state index is 11.8. The van der Waals surface area contributed by atoms with Crippen LogP contribution in [-0.4, -0.2) is 53.4 Å². The number of ether oxygens (including phenoxy) is 3. The molecule has 1 fully saturated rings. The average Bonchev–Trinajstić information content (AvgIpc) is 2.74. The fourth-order valence-electron chi connectivity index (χ4n) is 3.32. The molecular formula is C22H27NO6. The number of amides is 1. The third kappa shape index (κ3) is 5.85. The van der Waals surface area contributed by atoms with Crippen molar-refractivity contribution in [3.05, 3.63) is 71.8 Å². The van der Waals surface area contributed by atoms with Crippen LogP contribution in [0.15, 0.2) is 60.7 Å². The summed E-state index contributed by atoms with van der Waals surface area (Å²) in [7, 11) is 0. The number of benzene rings is 2. The molecule has 7 nitrogen and oxygen atoms in total. The summed E-state index contributed by atoms with van der Waals surface area (Å²) < 4.78 is 17.6. The first-order valence-corrected chi connectivity index (χ1v) is 9.61. The lowest BCUT2D eigenvalue weighted by Gasteiger charge is -2.44. The zero-order valence-electron chi connectivity index (χ0n) is 16.3. The Morgan fingerprint density at radius 2 is 1.55 bits per heavy atom. The highest BCUT2D eigenvalue weighted by Gasteiger charge is 2.46. The molecule has 29 heavy (non-hydrogen) atoms. The molecule has 1 aliphatic rings. The third-order valence-electron chi connectivity index (χ3n) is 4.77. The quantitative estimate of drug-likeness (QED) is 0.618. The van der Waals surface area contributed by atoms with Crippen molar-refractivity contribution in [2.75, 3.05) is 6.61 Å². The summed E-state index contributed by atoms with van der Waals surface area (Å²) in [5, 5.41) is 23.1. The summed E-state index contributed by atoms with van der Waals surface area (Å²) in [5.74, 6) is -0.296. The van der Waals surface area contributed by atoms with E-state index in [4.69, 9.17) is 14.2 Å². The standard InChI is InChI=1S/C22H27NO6/c1-15(25)23-19-21(27-13-16-8-4-2-5-9-16)20(26)18(12-24)29-22(19)28-14-17-10-6-3-7-11-17/h2-11,18-22,24,26H,12-14H2,1H3,(H,23,25)/t18-,19+,20+,21-,22-/m0/s1. The zero-order chi connectivity index (χ0) is 20.6. The van der Waals surface area contributed by atoms with Crippen molar-refractivity contribution < 1.29 is 29.2 Å². The molecule has 0 spiro atoms. The van der Waals surface area contributed by atoms with E-state index in [-0.39, 0.29) is 19.1 Å².